The molecule has 19 heavy (non-hydrogen) atoms. The third kappa shape index (κ3) is 2.21. The summed E-state index contributed by atoms with van der Waals surface area (Å²) in [5.74, 6) is 2.35. The molecule has 6 heteroatoms. The predicted octanol–water partition coefficient (Wildman–Crippen LogP) is 2.82. The van der Waals surface area contributed by atoms with Gasteiger partial charge in [-0.2, -0.15) is 4.98 Å². The highest BCUT2D eigenvalue weighted by molar-refractivity contribution is 6.16. The summed E-state index contributed by atoms with van der Waals surface area (Å²) >= 11 is 5.97. The molecule has 2 heterocycles. The van der Waals surface area contributed by atoms with Crippen molar-refractivity contribution in [3.8, 4) is 0 Å². The van der Waals surface area contributed by atoms with Crippen LogP contribution in [0.1, 0.15) is 23.1 Å². The van der Waals surface area contributed by atoms with E-state index in [0.29, 0.717) is 24.1 Å². The number of fused-ring (bicyclic) bond motifs is 1. The van der Waals surface area contributed by atoms with Crippen molar-refractivity contribution in [1.29, 1.82) is 0 Å². The molecule has 0 amide bonds. The van der Waals surface area contributed by atoms with Crippen LogP contribution in [0.25, 0.3) is 11.0 Å². The van der Waals surface area contributed by atoms with Crippen molar-refractivity contribution >= 4 is 22.6 Å². The second-order valence-electron chi connectivity index (χ2n) is 4.47. The number of halogens is 1. The third-order valence-corrected chi connectivity index (χ3v) is 3.21. The zero-order valence-corrected chi connectivity index (χ0v) is 11.5. The molecule has 0 spiro atoms. The van der Waals surface area contributed by atoms with Gasteiger partial charge in [0.1, 0.15) is 5.82 Å². The van der Waals surface area contributed by atoms with Crippen LogP contribution < -0.4 is 0 Å². The fraction of sp³-hybridized carbons (Fsp3) is 0.308. The zero-order chi connectivity index (χ0) is 13.4. The van der Waals surface area contributed by atoms with Gasteiger partial charge in [0.25, 0.3) is 0 Å². The molecule has 0 radical (unpaired) electrons. The standard InChI is InChI=1S/C13H13ClN4O/c1-8-3-4-11-10(5-8)16-13(6-14)18(11)7-12-15-9(2)19-17-12/h3-5H,6-7H2,1-2H3. The largest absolute Gasteiger partial charge is 0.340 e. The molecule has 0 bridgehead atoms. The van der Waals surface area contributed by atoms with Crippen molar-refractivity contribution in [1.82, 2.24) is 19.7 Å². The number of aromatic nitrogens is 4. The predicted molar refractivity (Wildman–Crippen MR) is 72.2 cm³/mol. The fourth-order valence-corrected chi connectivity index (χ4v) is 2.32. The van der Waals surface area contributed by atoms with Gasteiger partial charge >= 0.3 is 0 Å². The van der Waals surface area contributed by atoms with E-state index in [1.54, 1.807) is 6.92 Å². The van der Waals surface area contributed by atoms with Gasteiger partial charge in [-0.1, -0.05) is 11.2 Å². The lowest BCUT2D eigenvalue weighted by molar-refractivity contribution is 0.386. The number of imidazole rings is 1. The van der Waals surface area contributed by atoms with Crippen LogP contribution in [-0.2, 0) is 12.4 Å². The Morgan fingerprint density at radius 3 is 2.79 bits per heavy atom. The molecule has 0 unspecified atom stereocenters. The topological polar surface area (TPSA) is 56.7 Å². The number of hydrogen-bond acceptors (Lipinski definition) is 4. The molecular weight excluding hydrogens is 264 g/mol. The summed E-state index contributed by atoms with van der Waals surface area (Å²) in [4.78, 5) is 8.76. The Kier molecular flexibility index (Phi) is 2.98. The van der Waals surface area contributed by atoms with Crippen molar-refractivity contribution in [3.63, 3.8) is 0 Å². The Bertz CT molecular complexity index is 731. The maximum atomic E-state index is 5.97. The van der Waals surface area contributed by atoms with Gasteiger partial charge in [0.05, 0.1) is 23.5 Å². The molecule has 2 aromatic heterocycles. The van der Waals surface area contributed by atoms with E-state index in [0.717, 1.165) is 16.9 Å². The van der Waals surface area contributed by atoms with E-state index in [-0.39, 0.29) is 0 Å². The second-order valence-corrected chi connectivity index (χ2v) is 4.74. The lowest BCUT2D eigenvalue weighted by Crippen LogP contribution is -2.05. The smallest absolute Gasteiger partial charge is 0.223 e. The molecule has 0 aliphatic heterocycles. The molecule has 0 saturated carbocycles. The van der Waals surface area contributed by atoms with Gasteiger partial charge in [0.2, 0.25) is 5.89 Å². The Balaban J connectivity index is 2.10. The minimum absolute atomic E-state index is 0.352. The van der Waals surface area contributed by atoms with Gasteiger partial charge in [0.15, 0.2) is 5.82 Å². The van der Waals surface area contributed by atoms with Crippen LogP contribution in [0, 0.1) is 13.8 Å². The minimum atomic E-state index is 0.352. The van der Waals surface area contributed by atoms with Gasteiger partial charge in [-0.05, 0) is 24.6 Å². The Morgan fingerprint density at radius 1 is 1.26 bits per heavy atom. The quantitative estimate of drug-likeness (QED) is 0.690. The van der Waals surface area contributed by atoms with E-state index >= 15 is 0 Å². The van der Waals surface area contributed by atoms with Crippen molar-refractivity contribution in [3.05, 3.63) is 41.3 Å². The van der Waals surface area contributed by atoms with Crippen LogP contribution >= 0.6 is 11.6 Å². The van der Waals surface area contributed by atoms with Gasteiger partial charge in [0, 0.05) is 6.92 Å². The molecule has 0 aliphatic rings. The fourth-order valence-electron chi connectivity index (χ4n) is 2.12. The molecule has 5 nitrogen and oxygen atoms in total. The molecule has 0 saturated heterocycles. The highest BCUT2D eigenvalue weighted by Gasteiger charge is 2.12. The number of aryl methyl sites for hydroxylation is 2. The molecule has 0 N–H and O–H groups in total. The maximum absolute atomic E-state index is 5.97. The molecule has 1 aromatic carbocycles. The summed E-state index contributed by atoms with van der Waals surface area (Å²) in [7, 11) is 0. The van der Waals surface area contributed by atoms with Gasteiger partial charge in [-0.3, -0.25) is 0 Å². The third-order valence-electron chi connectivity index (χ3n) is 2.97. The van der Waals surface area contributed by atoms with Gasteiger partial charge < -0.3 is 9.09 Å². The molecular formula is C13H13ClN4O. The average Bonchev–Trinajstić information content (AvgIpc) is 2.94. The summed E-state index contributed by atoms with van der Waals surface area (Å²) in [5.41, 5.74) is 3.15. The number of benzene rings is 1. The van der Waals surface area contributed by atoms with Gasteiger partial charge in [-0.15, -0.1) is 11.6 Å². The summed E-state index contributed by atoms with van der Waals surface area (Å²) in [6.07, 6.45) is 0. The maximum Gasteiger partial charge on any atom is 0.223 e. The number of hydrogen-bond donors (Lipinski definition) is 0. The van der Waals surface area contributed by atoms with Crippen molar-refractivity contribution in [2.24, 2.45) is 0 Å². The van der Waals surface area contributed by atoms with Crippen molar-refractivity contribution < 1.29 is 4.52 Å². The first-order valence-electron chi connectivity index (χ1n) is 5.98. The highest BCUT2D eigenvalue weighted by Crippen LogP contribution is 2.20. The molecule has 0 fully saturated rings. The van der Waals surface area contributed by atoms with Crippen LogP contribution in [-0.4, -0.2) is 19.7 Å². The van der Waals surface area contributed by atoms with Crippen LogP contribution in [0.15, 0.2) is 22.7 Å². The molecule has 98 valence electrons. The normalized spacial score (nSPS) is 11.3. The summed E-state index contributed by atoms with van der Waals surface area (Å²) < 4.78 is 7.01. The Hall–Kier alpha value is -1.88. The van der Waals surface area contributed by atoms with E-state index in [1.165, 1.54) is 5.56 Å². The van der Waals surface area contributed by atoms with E-state index in [2.05, 4.69) is 21.2 Å². The van der Waals surface area contributed by atoms with E-state index in [1.807, 2.05) is 23.6 Å². The summed E-state index contributed by atoms with van der Waals surface area (Å²) in [6, 6.07) is 6.14. The van der Waals surface area contributed by atoms with E-state index in [4.69, 9.17) is 16.1 Å². The first kappa shape index (κ1) is 12.2. The lowest BCUT2D eigenvalue weighted by atomic mass is 10.2. The Labute approximate surface area is 115 Å². The average molecular weight is 277 g/mol. The minimum Gasteiger partial charge on any atom is -0.340 e. The SMILES string of the molecule is Cc1ccc2c(c1)nc(CCl)n2Cc1noc(C)n1. The summed E-state index contributed by atoms with van der Waals surface area (Å²) in [6.45, 7) is 4.33. The lowest BCUT2D eigenvalue weighted by Gasteiger charge is -2.04. The molecule has 3 aromatic rings. The first-order chi connectivity index (χ1) is 9.17. The first-order valence-corrected chi connectivity index (χ1v) is 6.52. The van der Waals surface area contributed by atoms with Crippen LogP contribution in [0.2, 0.25) is 0 Å². The van der Waals surface area contributed by atoms with Crippen LogP contribution in [0.3, 0.4) is 0 Å². The van der Waals surface area contributed by atoms with Crippen molar-refractivity contribution in [2.45, 2.75) is 26.3 Å². The highest BCUT2D eigenvalue weighted by atomic mass is 35.5. The zero-order valence-electron chi connectivity index (χ0n) is 10.7. The number of rotatable bonds is 3. The Morgan fingerprint density at radius 2 is 2.11 bits per heavy atom. The number of nitrogens with zero attached hydrogens (tertiary/aromatic N) is 4. The number of alkyl halides is 1. The van der Waals surface area contributed by atoms with Crippen LogP contribution in [0.4, 0.5) is 0 Å². The molecule has 0 aliphatic carbocycles. The second kappa shape index (κ2) is 4.66. The monoisotopic (exact) mass is 276 g/mol. The summed E-state index contributed by atoms with van der Waals surface area (Å²) in [5, 5.41) is 3.91. The molecule has 3 rings (SSSR count). The van der Waals surface area contributed by atoms with Crippen molar-refractivity contribution in [2.75, 3.05) is 0 Å². The van der Waals surface area contributed by atoms with Gasteiger partial charge in [-0.25, -0.2) is 4.98 Å². The van der Waals surface area contributed by atoms with Crippen LogP contribution in [0.5, 0.6) is 0 Å². The van der Waals surface area contributed by atoms with E-state index < -0.39 is 0 Å². The van der Waals surface area contributed by atoms with E-state index in [9.17, 15) is 0 Å². The molecule has 0 atom stereocenters.